The molecule has 16 heavy (non-hydrogen) atoms. The van der Waals surface area contributed by atoms with Gasteiger partial charge in [0.05, 0.1) is 11.7 Å². The summed E-state index contributed by atoms with van der Waals surface area (Å²) in [6.07, 6.45) is 7.39. The van der Waals surface area contributed by atoms with E-state index in [0.717, 1.165) is 15.8 Å². The van der Waals surface area contributed by atoms with E-state index in [1.165, 1.54) is 32.1 Å². The van der Waals surface area contributed by atoms with E-state index in [-0.39, 0.29) is 5.60 Å². The molecule has 3 aliphatic rings. The Morgan fingerprint density at radius 2 is 1.94 bits per heavy atom. The average molecular weight is 334 g/mol. The predicted octanol–water partition coefficient (Wildman–Crippen LogP) is 4.18. The summed E-state index contributed by atoms with van der Waals surface area (Å²) >= 11 is 2.63. The van der Waals surface area contributed by atoms with Crippen LogP contribution in [0, 0.1) is 17.3 Å². The van der Waals surface area contributed by atoms with E-state index in [4.69, 9.17) is 4.74 Å². The molecule has 0 bridgehead atoms. The van der Waals surface area contributed by atoms with Gasteiger partial charge in [0, 0.05) is 9.34 Å². The molecular weight excluding hydrogens is 311 g/mol. The summed E-state index contributed by atoms with van der Waals surface area (Å²) in [5.41, 5.74) is 0.616. The fourth-order valence-corrected chi connectivity index (χ4v) is 5.72. The molecule has 1 nitrogen and oxygen atoms in total. The van der Waals surface area contributed by atoms with E-state index in [1.807, 2.05) is 0 Å². The van der Waals surface area contributed by atoms with Gasteiger partial charge in [-0.05, 0) is 50.9 Å². The number of hydrogen-bond donors (Lipinski definition) is 0. The van der Waals surface area contributed by atoms with Gasteiger partial charge in [0.15, 0.2) is 0 Å². The van der Waals surface area contributed by atoms with Crippen LogP contribution in [0.3, 0.4) is 0 Å². The number of rotatable bonds is 0. The first-order valence-corrected chi connectivity index (χ1v) is 8.04. The molecule has 0 amide bonds. The van der Waals surface area contributed by atoms with Gasteiger partial charge in [0.25, 0.3) is 0 Å². The standard InChI is InChI=1S/C14H23IO/c1-9-4-5-11-10(8-9)13(2)7-6-12(15)14(13,3)16-11/h9-12H,4-8H2,1-3H3/t9-,10+,11-,12-,13-,14-/m0/s1. The van der Waals surface area contributed by atoms with E-state index in [0.29, 0.717) is 11.5 Å². The van der Waals surface area contributed by atoms with Crippen LogP contribution in [-0.2, 0) is 4.74 Å². The van der Waals surface area contributed by atoms with Gasteiger partial charge in [0.2, 0.25) is 0 Å². The van der Waals surface area contributed by atoms with Crippen LogP contribution in [0.4, 0.5) is 0 Å². The van der Waals surface area contributed by atoms with Gasteiger partial charge >= 0.3 is 0 Å². The van der Waals surface area contributed by atoms with Gasteiger partial charge in [-0.3, -0.25) is 0 Å². The fourth-order valence-electron chi connectivity index (χ4n) is 4.55. The topological polar surface area (TPSA) is 9.23 Å². The Hall–Kier alpha value is 0.690. The van der Waals surface area contributed by atoms with E-state index in [2.05, 4.69) is 43.4 Å². The maximum atomic E-state index is 6.53. The van der Waals surface area contributed by atoms with Crippen molar-refractivity contribution < 1.29 is 4.74 Å². The summed E-state index contributed by atoms with van der Waals surface area (Å²) in [5, 5.41) is 0. The van der Waals surface area contributed by atoms with E-state index in [1.54, 1.807) is 0 Å². The maximum Gasteiger partial charge on any atom is 0.0832 e. The summed E-state index contributed by atoms with van der Waals surface area (Å²) in [4.78, 5) is 0. The van der Waals surface area contributed by atoms with Crippen LogP contribution in [-0.4, -0.2) is 15.6 Å². The van der Waals surface area contributed by atoms with E-state index in [9.17, 15) is 0 Å². The SMILES string of the molecule is C[C@H]1CC[C@@H]2O[C@@]3(C)[C@@H](I)CC[C@@]3(C)[C@@H]2C1. The van der Waals surface area contributed by atoms with Gasteiger partial charge in [-0.2, -0.15) is 0 Å². The molecule has 2 aliphatic carbocycles. The lowest BCUT2D eigenvalue weighted by molar-refractivity contribution is -0.0543. The van der Waals surface area contributed by atoms with Crippen LogP contribution >= 0.6 is 22.6 Å². The van der Waals surface area contributed by atoms with E-state index >= 15 is 0 Å². The third-order valence-corrected chi connectivity index (χ3v) is 7.72. The van der Waals surface area contributed by atoms with Crippen molar-refractivity contribution in [3.63, 3.8) is 0 Å². The van der Waals surface area contributed by atoms with Crippen LogP contribution in [0.25, 0.3) is 0 Å². The number of fused-ring (bicyclic) bond motifs is 3. The van der Waals surface area contributed by atoms with Crippen LogP contribution in [0.15, 0.2) is 0 Å². The van der Waals surface area contributed by atoms with Crippen molar-refractivity contribution in [2.24, 2.45) is 17.3 Å². The molecule has 1 heterocycles. The highest BCUT2D eigenvalue weighted by Crippen LogP contribution is 2.64. The number of alkyl halides is 1. The summed E-state index contributed by atoms with van der Waals surface area (Å²) in [7, 11) is 0. The van der Waals surface area contributed by atoms with Crippen molar-refractivity contribution in [1.82, 2.24) is 0 Å². The third-order valence-electron chi connectivity index (χ3n) is 5.91. The van der Waals surface area contributed by atoms with Crippen molar-refractivity contribution in [3.05, 3.63) is 0 Å². The molecular formula is C14H23IO. The number of ether oxygens (including phenoxy) is 1. The minimum absolute atomic E-state index is 0.160. The summed E-state index contributed by atoms with van der Waals surface area (Å²) in [6.45, 7) is 7.32. The number of halogens is 1. The Labute approximate surface area is 113 Å². The minimum Gasteiger partial charge on any atom is -0.370 e. The quantitative estimate of drug-likeness (QED) is 0.477. The largest absolute Gasteiger partial charge is 0.370 e. The zero-order valence-electron chi connectivity index (χ0n) is 10.6. The van der Waals surface area contributed by atoms with Crippen molar-refractivity contribution in [3.8, 4) is 0 Å². The second-order valence-corrected chi connectivity index (χ2v) is 8.22. The fraction of sp³-hybridized carbons (Fsp3) is 1.00. The van der Waals surface area contributed by atoms with E-state index < -0.39 is 0 Å². The second-order valence-electron chi connectivity index (χ2n) is 6.71. The molecule has 0 N–H and O–H groups in total. The minimum atomic E-state index is 0.160. The monoisotopic (exact) mass is 334 g/mol. The first kappa shape index (κ1) is 11.8. The van der Waals surface area contributed by atoms with Gasteiger partial charge < -0.3 is 4.74 Å². The zero-order valence-corrected chi connectivity index (χ0v) is 12.8. The molecule has 3 fully saturated rings. The lowest BCUT2D eigenvalue weighted by Crippen LogP contribution is -2.43. The van der Waals surface area contributed by atoms with Crippen molar-refractivity contribution in [2.45, 2.75) is 68.5 Å². The van der Waals surface area contributed by atoms with Gasteiger partial charge in [-0.25, -0.2) is 0 Å². The molecule has 1 aliphatic heterocycles. The van der Waals surface area contributed by atoms with Crippen LogP contribution in [0.1, 0.15) is 52.9 Å². The molecule has 3 rings (SSSR count). The van der Waals surface area contributed by atoms with Gasteiger partial charge in [-0.1, -0.05) is 36.4 Å². The normalized spacial score (nSPS) is 60.8. The highest BCUT2D eigenvalue weighted by Gasteiger charge is 2.65. The molecule has 0 aromatic rings. The molecule has 1 saturated heterocycles. The molecule has 2 heteroatoms. The molecule has 0 unspecified atom stereocenters. The maximum absolute atomic E-state index is 6.53. The van der Waals surface area contributed by atoms with Crippen LogP contribution < -0.4 is 0 Å². The zero-order chi connectivity index (χ0) is 11.6. The average Bonchev–Trinajstić information content (AvgIpc) is 2.59. The van der Waals surface area contributed by atoms with Crippen molar-refractivity contribution >= 4 is 22.6 Å². The first-order valence-electron chi connectivity index (χ1n) is 6.79. The Morgan fingerprint density at radius 3 is 2.69 bits per heavy atom. The molecule has 0 aromatic carbocycles. The highest BCUT2D eigenvalue weighted by molar-refractivity contribution is 14.1. The van der Waals surface area contributed by atoms with Crippen molar-refractivity contribution in [2.75, 3.05) is 0 Å². The Balaban J connectivity index is 1.95. The second kappa shape index (κ2) is 3.59. The molecule has 0 spiro atoms. The lowest BCUT2D eigenvalue weighted by atomic mass is 9.63. The van der Waals surface area contributed by atoms with Crippen molar-refractivity contribution in [1.29, 1.82) is 0 Å². The Bertz CT molecular complexity index is 305. The Kier molecular flexibility index (Phi) is 2.64. The molecule has 6 atom stereocenters. The third kappa shape index (κ3) is 1.32. The Morgan fingerprint density at radius 1 is 1.19 bits per heavy atom. The summed E-state index contributed by atoms with van der Waals surface area (Å²) < 4.78 is 7.25. The smallest absolute Gasteiger partial charge is 0.0832 e. The van der Waals surface area contributed by atoms with Gasteiger partial charge in [0.1, 0.15) is 0 Å². The molecule has 0 radical (unpaired) electrons. The lowest BCUT2D eigenvalue weighted by Gasteiger charge is -2.40. The first-order chi connectivity index (χ1) is 7.47. The number of hydrogen-bond acceptors (Lipinski definition) is 1. The molecule has 2 saturated carbocycles. The molecule has 0 aromatic heterocycles. The van der Waals surface area contributed by atoms with Crippen LogP contribution in [0.5, 0.6) is 0 Å². The predicted molar refractivity (Wildman–Crippen MR) is 74.9 cm³/mol. The highest BCUT2D eigenvalue weighted by atomic mass is 127. The summed E-state index contributed by atoms with van der Waals surface area (Å²) in [6, 6.07) is 0. The van der Waals surface area contributed by atoms with Gasteiger partial charge in [-0.15, -0.1) is 0 Å². The van der Waals surface area contributed by atoms with Crippen LogP contribution in [0.2, 0.25) is 0 Å². The molecule has 92 valence electrons. The summed E-state index contributed by atoms with van der Waals surface area (Å²) in [5.74, 6) is 1.75.